The average Bonchev–Trinajstić information content (AvgIpc) is 3.09. The first-order valence-electron chi connectivity index (χ1n) is 7.65. The van der Waals surface area contributed by atoms with Crippen molar-refractivity contribution in [3.05, 3.63) is 56.4 Å². The normalized spacial score (nSPS) is 11.8. The monoisotopic (exact) mass is 395 g/mol. The van der Waals surface area contributed by atoms with E-state index in [1.807, 2.05) is 39.0 Å². The number of thiophene rings is 1. The van der Waals surface area contributed by atoms with Gasteiger partial charge in [0.2, 0.25) is 10.0 Å². The molecule has 2 N–H and O–H groups in total. The highest BCUT2D eigenvalue weighted by atomic mass is 35.5. The molecule has 3 aromatic rings. The van der Waals surface area contributed by atoms with Gasteiger partial charge in [-0.15, -0.1) is 11.3 Å². The van der Waals surface area contributed by atoms with E-state index in [0.717, 1.165) is 21.0 Å². The van der Waals surface area contributed by atoms with Crippen molar-refractivity contribution in [3.8, 4) is 11.3 Å². The number of aromatic nitrogens is 2. The lowest BCUT2D eigenvalue weighted by atomic mass is 10.2. The molecule has 5 nitrogen and oxygen atoms in total. The van der Waals surface area contributed by atoms with Crippen LogP contribution < -0.4 is 4.72 Å². The minimum atomic E-state index is -3.71. The van der Waals surface area contributed by atoms with Crippen molar-refractivity contribution >= 4 is 33.0 Å². The number of nitrogens with zero attached hydrogens (tertiary/aromatic N) is 1. The Morgan fingerprint density at radius 2 is 1.92 bits per heavy atom. The summed E-state index contributed by atoms with van der Waals surface area (Å²) in [5, 5.41) is 7.64. The van der Waals surface area contributed by atoms with Gasteiger partial charge in [-0.1, -0.05) is 29.8 Å². The van der Waals surface area contributed by atoms with Gasteiger partial charge in [0.25, 0.3) is 0 Å². The van der Waals surface area contributed by atoms with Crippen molar-refractivity contribution in [1.82, 2.24) is 14.9 Å². The summed E-state index contributed by atoms with van der Waals surface area (Å²) in [6.07, 6.45) is 0. The molecule has 0 saturated carbocycles. The number of hydrogen-bond acceptors (Lipinski definition) is 4. The summed E-state index contributed by atoms with van der Waals surface area (Å²) in [4.78, 5) is 1.94. The SMILES string of the molecule is Cc1cc(-c2c(C)sc(C)c2S(=O)(=O)NCc2ccccc2Cl)n[nH]1. The highest BCUT2D eigenvalue weighted by Crippen LogP contribution is 2.38. The third-order valence-corrected chi connectivity index (χ3v) is 6.94. The van der Waals surface area contributed by atoms with Crippen LogP contribution >= 0.6 is 22.9 Å². The predicted octanol–water partition coefficient (Wildman–Crippen LogP) is 4.20. The van der Waals surface area contributed by atoms with E-state index in [2.05, 4.69) is 14.9 Å². The van der Waals surface area contributed by atoms with Crippen LogP contribution in [-0.4, -0.2) is 18.6 Å². The van der Waals surface area contributed by atoms with Crippen LogP contribution in [0, 0.1) is 20.8 Å². The summed E-state index contributed by atoms with van der Waals surface area (Å²) < 4.78 is 28.6. The Morgan fingerprint density at radius 1 is 1.20 bits per heavy atom. The number of aromatic amines is 1. The number of H-pyrrole nitrogens is 1. The number of benzene rings is 1. The summed E-state index contributed by atoms with van der Waals surface area (Å²) >= 11 is 7.57. The fourth-order valence-electron chi connectivity index (χ4n) is 2.72. The maximum atomic E-state index is 13.0. The molecule has 0 atom stereocenters. The summed E-state index contributed by atoms with van der Waals surface area (Å²) in [5.74, 6) is 0. The Morgan fingerprint density at radius 3 is 2.56 bits per heavy atom. The van der Waals surface area contributed by atoms with Crippen LogP contribution in [0.15, 0.2) is 35.2 Å². The van der Waals surface area contributed by atoms with E-state index in [1.54, 1.807) is 12.1 Å². The van der Waals surface area contributed by atoms with Crippen LogP contribution in [0.3, 0.4) is 0 Å². The van der Waals surface area contributed by atoms with Gasteiger partial charge in [-0.3, -0.25) is 5.10 Å². The molecule has 3 rings (SSSR count). The Balaban J connectivity index is 1.99. The van der Waals surface area contributed by atoms with Gasteiger partial charge in [0.15, 0.2) is 0 Å². The number of hydrogen-bond donors (Lipinski definition) is 2. The number of sulfonamides is 1. The molecule has 0 unspecified atom stereocenters. The maximum Gasteiger partial charge on any atom is 0.242 e. The van der Waals surface area contributed by atoms with E-state index in [1.165, 1.54) is 11.3 Å². The van der Waals surface area contributed by atoms with E-state index in [9.17, 15) is 8.42 Å². The Kier molecular flexibility index (Phi) is 5.02. The molecular formula is C17H18ClN3O2S2. The molecule has 2 heterocycles. The second-order valence-corrected chi connectivity index (χ2v) is 9.31. The largest absolute Gasteiger partial charge is 0.282 e. The molecule has 0 aliphatic heterocycles. The second kappa shape index (κ2) is 6.92. The number of halogens is 1. The van der Waals surface area contributed by atoms with Gasteiger partial charge >= 0.3 is 0 Å². The summed E-state index contributed by atoms with van der Waals surface area (Å²) in [5.41, 5.74) is 2.90. The fourth-order valence-corrected chi connectivity index (χ4v) is 5.79. The van der Waals surface area contributed by atoms with Gasteiger partial charge in [0.05, 0.1) is 5.69 Å². The minimum Gasteiger partial charge on any atom is -0.282 e. The van der Waals surface area contributed by atoms with Gasteiger partial charge in [-0.2, -0.15) is 5.10 Å². The summed E-state index contributed by atoms with van der Waals surface area (Å²) in [6, 6.07) is 9.03. The zero-order valence-corrected chi connectivity index (χ0v) is 16.4. The fraction of sp³-hybridized carbons (Fsp3) is 0.235. The molecule has 0 fully saturated rings. The van der Waals surface area contributed by atoms with Gasteiger partial charge < -0.3 is 0 Å². The number of nitrogens with one attached hydrogen (secondary N) is 2. The van der Waals surface area contributed by atoms with Crippen molar-refractivity contribution in [2.45, 2.75) is 32.2 Å². The van der Waals surface area contributed by atoms with E-state index in [4.69, 9.17) is 11.6 Å². The molecule has 0 bridgehead atoms. The smallest absolute Gasteiger partial charge is 0.242 e. The quantitative estimate of drug-likeness (QED) is 0.679. The summed E-state index contributed by atoms with van der Waals surface area (Å²) in [6.45, 7) is 5.74. The van der Waals surface area contributed by atoms with Crippen molar-refractivity contribution in [2.24, 2.45) is 0 Å². The lowest BCUT2D eigenvalue weighted by Gasteiger charge is -2.10. The van der Waals surface area contributed by atoms with Crippen molar-refractivity contribution in [2.75, 3.05) is 0 Å². The molecule has 0 spiro atoms. The number of aryl methyl sites for hydroxylation is 3. The third kappa shape index (κ3) is 3.64. The first-order valence-corrected chi connectivity index (χ1v) is 10.3. The standard InChI is InChI=1S/C17H18ClN3O2S2/c1-10-8-15(21-20-10)16-11(2)24-12(3)17(16)25(22,23)19-9-13-6-4-5-7-14(13)18/h4-8,19H,9H2,1-3H3,(H,20,21). The van der Waals surface area contributed by atoms with Gasteiger partial charge in [-0.05, 0) is 38.5 Å². The molecule has 25 heavy (non-hydrogen) atoms. The molecule has 132 valence electrons. The second-order valence-electron chi connectivity index (χ2n) is 5.77. The molecule has 0 amide bonds. The zero-order valence-electron chi connectivity index (χ0n) is 14.1. The van der Waals surface area contributed by atoms with E-state index < -0.39 is 10.0 Å². The Hall–Kier alpha value is -1.67. The maximum absolute atomic E-state index is 13.0. The first kappa shape index (κ1) is 18.1. The molecule has 0 radical (unpaired) electrons. The van der Waals surface area contributed by atoms with Crippen molar-refractivity contribution in [3.63, 3.8) is 0 Å². The third-order valence-electron chi connectivity index (χ3n) is 3.85. The highest BCUT2D eigenvalue weighted by molar-refractivity contribution is 7.89. The Labute approximate surface area is 156 Å². The topological polar surface area (TPSA) is 74.8 Å². The van der Waals surface area contributed by atoms with E-state index >= 15 is 0 Å². The van der Waals surface area contributed by atoms with Gasteiger partial charge in [0, 0.05) is 32.6 Å². The summed E-state index contributed by atoms with van der Waals surface area (Å²) in [7, 11) is -3.71. The molecule has 1 aromatic carbocycles. The predicted molar refractivity (Wildman–Crippen MR) is 102 cm³/mol. The Bertz CT molecular complexity index is 1020. The molecule has 2 aromatic heterocycles. The van der Waals surface area contributed by atoms with Gasteiger partial charge in [0.1, 0.15) is 4.90 Å². The average molecular weight is 396 g/mol. The van der Waals surface area contributed by atoms with Crippen molar-refractivity contribution in [1.29, 1.82) is 0 Å². The highest BCUT2D eigenvalue weighted by Gasteiger charge is 2.27. The zero-order chi connectivity index (χ0) is 18.2. The molecular weight excluding hydrogens is 378 g/mol. The molecule has 8 heteroatoms. The number of rotatable bonds is 5. The van der Waals surface area contributed by atoms with Crippen LogP contribution in [0.5, 0.6) is 0 Å². The van der Waals surface area contributed by atoms with E-state index in [-0.39, 0.29) is 11.4 Å². The minimum absolute atomic E-state index is 0.134. The van der Waals surface area contributed by atoms with E-state index in [0.29, 0.717) is 16.3 Å². The molecule has 0 aliphatic rings. The van der Waals surface area contributed by atoms with Crippen LogP contribution in [-0.2, 0) is 16.6 Å². The van der Waals surface area contributed by atoms with Crippen LogP contribution in [0.25, 0.3) is 11.3 Å². The lowest BCUT2D eigenvalue weighted by Crippen LogP contribution is -2.24. The molecule has 0 aliphatic carbocycles. The van der Waals surface area contributed by atoms with Gasteiger partial charge in [-0.25, -0.2) is 13.1 Å². The lowest BCUT2D eigenvalue weighted by molar-refractivity contribution is 0.581. The van der Waals surface area contributed by atoms with Crippen molar-refractivity contribution < 1.29 is 8.42 Å². The van der Waals surface area contributed by atoms with Crippen LogP contribution in [0.2, 0.25) is 5.02 Å². The first-order chi connectivity index (χ1) is 11.8. The van der Waals surface area contributed by atoms with Crippen LogP contribution in [0.4, 0.5) is 0 Å². The van der Waals surface area contributed by atoms with Crippen LogP contribution in [0.1, 0.15) is 21.0 Å². The molecule has 0 saturated heterocycles.